The van der Waals surface area contributed by atoms with E-state index in [1.807, 2.05) is 0 Å². The predicted octanol–water partition coefficient (Wildman–Crippen LogP) is 1.38. The lowest BCUT2D eigenvalue weighted by molar-refractivity contribution is 0.375. The lowest BCUT2D eigenvalue weighted by atomic mass is 10.7. The molecule has 0 radical (unpaired) electrons. The first kappa shape index (κ1) is 13.7. The number of rotatable bonds is 3. The van der Waals surface area contributed by atoms with Gasteiger partial charge in [0.1, 0.15) is 0 Å². The van der Waals surface area contributed by atoms with Crippen LogP contribution in [0.1, 0.15) is 0 Å². The molecule has 0 amide bonds. The fourth-order valence-electron chi connectivity index (χ4n) is 0.176. The van der Waals surface area contributed by atoms with Crippen molar-refractivity contribution >= 4 is 16.1 Å². The fourth-order valence-corrected chi connectivity index (χ4v) is 0.529. The van der Waals surface area contributed by atoms with Crippen molar-refractivity contribution in [1.29, 1.82) is 0 Å². The zero-order valence-corrected chi connectivity index (χ0v) is 8.66. The van der Waals surface area contributed by atoms with Gasteiger partial charge in [-0.25, -0.2) is 0 Å². The molecule has 0 aliphatic heterocycles. The molecule has 0 fully saturated rings. The minimum absolute atomic E-state index is 0.397. The molecular formula is C5H14O4P2. The second kappa shape index (κ2) is 10.1. The third kappa shape index (κ3) is 39.3. The van der Waals surface area contributed by atoms with Crippen LogP contribution in [0.25, 0.3) is 0 Å². The number of hydrogen-bond acceptors (Lipinski definition) is 3. The minimum atomic E-state index is -2.13. The molecule has 1 N–H and O–H groups in total. The maximum Gasteiger partial charge on any atom is 0.188 e. The molecule has 0 aromatic carbocycles. The number of hydrogen-bond donors (Lipinski definition) is 1. The van der Waals surface area contributed by atoms with Crippen LogP contribution >= 0.6 is 16.1 Å². The van der Waals surface area contributed by atoms with Crippen LogP contribution in [-0.2, 0) is 13.7 Å². The Morgan fingerprint density at radius 2 is 1.91 bits per heavy atom. The quantitative estimate of drug-likeness (QED) is 0.552. The molecule has 0 spiro atoms. The van der Waals surface area contributed by atoms with Gasteiger partial charge >= 0.3 is 0 Å². The maximum atomic E-state index is 10.1. The molecular weight excluding hydrogens is 186 g/mol. The second-order valence-corrected chi connectivity index (χ2v) is 3.92. The Kier molecular flexibility index (Phi) is 12.6. The first-order valence-corrected chi connectivity index (χ1v) is 6.61. The average molecular weight is 200 g/mol. The Morgan fingerprint density at radius 3 is 2.00 bits per heavy atom. The molecule has 0 saturated heterocycles. The van der Waals surface area contributed by atoms with Gasteiger partial charge in [0.05, 0.1) is 6.61 Å². The third-order valence-electron chi connectivity index (χ3n) is 0.404. The summed E-state index contributed by atoms with van der Waals surface area (Å²) in [5.74, 6) is 0. The molecule has 0 aromatic rings. The molecule has 0 aliphatic carbocycles. The fraction of sp³-hybridized carbons (Fsp3) is 0.600. The molecule has 2 unspecified atom stereocenters. The van der Waals surface area contributed by atoms with Crippen molar-refractivity contribution in [2.75, 3.05) is 19.9 Å². The topological polar surface area (TPSA) is 63.6 Å². The van der Waals surface area contributed by atoms with Crippen LogP contribution in [0.5, 0.6) is 0 Å². The summed E-state index contributed by atoms with van der Waals surface area (Å²) in [6.07, 6.45) is 1.58. The smallest absolute Gasteiger partial charge is 0.188 e. The summed E-state index contributed by atoms with van der Waals surface area (Å²) < 4.78 is 23.9. The molecule has 2 atom stereocenters. The Hall–Kier alpha value is 0.120. The normalized spacial score (nSPS) is 14.1. The molecule has 0 aliphatic rings. The zero-order chi connectivity index (χ0) is 9.28. The van der Waals surface area contributed by atoms with Crippen LogP contribution in [0, 0.1) is 0 Å². The van der Waals surface area contributed by atoms with Gasteiger partial charge in [-0.15, -0.1) is 6.58 Å². The van der Waals surface area contributed by atoms with Gasteiger partial charge in [0.25, 0.3) is 0 Å². The molecule has 0 bridgehead atoms. The van der Waals surface area contributed by atoms with Crippen LogP contribution < -0.4 is 0 Å². The summed E-state index contributed by atoms with van der Waals surface area (Å²) in [6.45, 7) is 6.60. The van der Waals surface area contributed by atoms with Crippen molar-refractivity contribution in [2.24, 2.45) is 0 Å². The van der Waals surface area contributed by atoms with Crippen molar-refractivity contribution in [3.8, 4) is 0 Å². The molecule has 68 valence electrons. The zero-order valence-electron chi connectivity index (χ0n) is 6.66. The summed E-state index contributed by atoms with van der Waals surface area (Å²) >= 11 is 0. The van der Waals surface area contributed by atoms with Crippen molar-refractivity contribution < 1.29 is 18.5 Å². The molecule has 6 heteroatoms. The molecule has 4 nitrogen and oxygen atoms in total. The lowest BCUT2D eigenvalue weighted by Crippen LogP contribution is -1.75. The van der Waals surface area contributed by atoms with E-state index in [0.717, 1.165) is 0 Å². The van der Waals surface area contributed by atoms with Gasteiger partial charge in [-0.05, 0) is 0 Å². The molecule has 0 rings (SSSR count). The average Bonchev–Trinajstić information content (AvgIpc) is 1.82. The largest absolute Gasteiger partial charge is 0.346 e. The third-order valence-corrected chi connectivity index (χ3v) is 0.978. The standard InChI is InChI=1S/C4H9O2P.CH5O2P/c1-3-4-6-7(2)5;1-4(2)3/h3,7H,1,4H2,2H3;4H,1H3,(H,2,3). The maximum absolute atomic E-state index is 10.1. The SMILES string of the molecule is C=CCO[PH](C)=O.C[PH](=O)O. The Balaban J connectivity index is 0. The molecule has 0 saturated carbocycles. The predicted molar refractivity (Wildman–Crippen MR) is 48.2 cm³/mol. The second-order valence-electron chi connectivity index (χ2n) is 1.61. The van der Waals surface area contributed by atoms with E-state index in [4.69, 9.17) is 4.89 Å². The van der Waals surface area contributed by atoms with Gasteiger partial charge in [-0.3, -0.25) is 9.13 Å². The summed E-state index contributed by atoms with van der Waals surface area (Å²) in [7, 11) is -3.85. The van der Waals surface area contributed by atoms with Crippen molar-refractivity contribution in [1.82, 2.24) is 0 Å². The van der Waals surface area contributed by atoms with Crippen molar-refractivity contribution in [3.63, 3.8) is 0 Å². The van der Waals surface area contributed by atoms with Crippen LogP contribution in [-0.4, -0.2) is 24.8 Å². The minimum Gasteiger partial charge on any atom is -0.346 e. The van der Waals surface area contributed by atoms with E-state index in [0.29, 0.717) is 6.61 Å². The van der Waals surface area contributed by atoms with Gasteiger partial charge < -0.3 is 9.42 Å². The summed E-state index contributed by atoms with van der Waals surface area (Å²) in [6, 6.07) is 0. The van der Waals surface area contributed by atoms with Gasteiger partial charge in [0.15, 0.2) is 16.1 Å². The van der Waals surface area contributed by atoms with E-state index < -0.39 is 16.1 Å². The van der Waals surface area contributed by atoms with E-state index in [-0.39, 0.29) is 0 Å². The van der Waals surface area contributed by atoms with Crippen molar-refractivity contribution in [2.45, 2.75) is 0 Å². The molecule has 0 aromatic heterocycles. The van der Waals surface area contributed by atoms with E-state index in [9.17, 15) is 9.13 Å². The van der Waals surface area contributed by atoms with Crippen LogP contribution in [0.2, 0.25) is 0 Å². The summed E-state index contributed by atoms with van der Waals surface area (Å²) in [5.41, 5.74) is 0. The van der Waals surface area contributed by atoms with Crippen LogP contribution in [0.4, 0.5) is 0 Å². The van der Waals surface area contributed by atoms with Gasteiger partial charge in [-0.1, -0.05) is 6.08 Å². The van der Waals surface area contributed by atoms with Gasteiger partial charge in [0, 0.05) is 13.3 Å². The highest BCUT2D eigenvalue weighted by Gasteiger charge is 1.80. The van der Waals surface area contributed by atoms with Gasteiger partial charge in [0.2, 0.25) is 0 Å². The monoisotopic (exact) mass is 200 g/mol. The summed E-state index contributed by atoms with van der Waals surface area (Å²) in [5, 5.41) is 0. The molecule has 0 heterocycles. The van der Waals surface area contributed by atoms with Crippen molar-refractivity contribution in [3.05, 3.63) is 12.7 Å². The van der Waals surface area contributed by atoms with E-state index in [2.05, 4.69) is 11.1 Å². The Morgan fingerprint density at radius 1 is 1.55 bits per heavy atom. The first-order chi connectivity index (χ1) is 5.00. The van der Waals surface area contributed by atoms with E-state index in [1.165, 1.54) is 6.66 Å². The first-order valence-electron chi connectivity index (χ1n) is 2.94. The Labute approximate surface area is 68.0 Å². The Bertz CT molecular complexity index is 141. The summed E-state index contributed by atoms with van der Waals surface area (Å²) in [4.78, 5) is 7.60. The van der Waals surface area contributed by atoms with E-state index in [1.54, 1.807) is 12.7 Å². The highest BCUT2D eigenvalue weighted by Crippen LogP contribution is 2.13. The highest BCUT2D eigenvalue weighted by molar-refractivity contribution is 7.38. The lowest BCUT2D eigenvalue weighted by Gasteiger charge is -1.89. The highest BCUT2D eigenvalue weighted by atomic mass is 31.1. The molecule has 11 heavy (non-hydrogen) atoms. The van der Waals surface area contributed by atoms with Crippen LogP contribution in [0.15, 0.2) is 12.7 Å². The van der Waals surface area contributed by atoms with Crippen LogP contribution in [0.3, 0.4) is 0 Å². The van der Waals surface area contributed by atoms with Gasteiger partial charge in [-0.2, -0.15) is 0 Å². The van der Waals surface area contributed by atoms with E-state index >= 15 is 0 Å².